The van der Waals surface area contributed by atoms with Gasteiger partial charge in [-0.2, -0.15) is 0 Å². The third kappa shape index (κ3) is 8.68. The van der Waals surface area contributed by atoms with Crippen molar-refractivity contribution in [3.8, 4) is 0 Å². The quantitative estimate of drug-likeness (QED) is 0.497. The summed E-state index contributed by atoms with van der Waals surface area (Å²) < 4.78 is 0. The number of aliphatic carboxylic acids is 1. The Kier molecular flexibility index (Phi) is 6.62. The number of amides is 1. The molecule has 0 aromatic rings. The van der Waals surface area contributed by atoms with Gasteiger partial charge in [0.05, 0.1) is 6.54 Å². The summed E-state index contributed by atoms with van der Waals surface area (Å²) in [6, 6.07) is 0.566. The molecule has 0 heterocycles. The summed E-state index contributed by atoms with van der Waals surface area (Å²) in [7, 11) is 0. The van der Waals surface area contributed by atoms with Crippen LogP contribution in [0.3, 0.4) is 0 Å². The van der Waals surface area contributed by atoms with E-state index >= 15 is 0 Å². The van der Waals surface area contributed by atoms with Crippen LogP contribution in [0.1, 0.15) is 44.9 Å². The predicted octanol–water partition coefficient (Wildman–Crippen LogP) is 0.890. The number of unbranched alkanes of at least 4 members (excludes halogenated alkanes) is 3. The Morgan fingerprint density at radius 3 is 2.47 bits per heavy atom. The monoisotopic (exact) mass is 242 g/mol. The summed E-state index contributed by atoms with van der Waals surface area (Å²) >= 11 is 0. The van der Waals surface area contributed by atoms with E-state index in [9.17, 15) is 9.59 Å². The SMILES string of the molecule is O=C(O)CCCCCCNC(=O)CNC1CC1. The molecule has 98 valence electrons. The van der Waals surface area contributed by atoms with Gasteiger partial charge in [-0.15, -0.1) is 0 Å². The van der Waals surface area contributed by atoms with Crippen molar-refractivity contribution in [3.63, 3.8) is 0 Å². The van der Waals surface area contributed by atoms with Crippen molar-refractivity contribution in [3.05, 3.63) is 0 Å². The summed E-state index contributed by atoms with van der Waals surface area (Å²) in [6.07, 6.45) is 6.18. The number of rotatable bonds is 10. The molecule has 0 unspecified atom stereocenters. The van der Waals surface area contributed by atoms with Crippen LogP contribution >= 0.6 is 0 Å². The van der Waals surface area contributed by atoms with Crippen molar-refractivity contribution < 1.29 is 14.7 Å². The molecular formula is C12H22N2O3. The number of nitrogens with one attached hydrogen (secondary N) is 2. The summed E-state index contributed by atoms with van der Waals surface area (Å²) in [5.41, 5.74) is 0. The minimum absolute atomic E-state index is 0.0578. The Labute approximate surface area is 102 Å². The van der Waals surface area contributed by atoms with Crippen molar-refractivity contribution >= 4 is 11.9 Å². The lowest BCUT2D eigenvalue weighted by Crippen LogP contribution is -2.35. The molecule has 1 amide bonds. The van der Waals surface area contributed by atoms with Crippen LogP contribution in [-0.2, 0) is 9.59 Å². The Hall–Kier alpha value is -1.10. The fourth-order valence-corrected chi connectivity index (χ4v) is 1.57. The van der Waals surface area contributed by atoms with E-state index in [-0.39, 0.29) is 12.3 Å². The molecule has 5 nitrogen and oxygen atoms in total. The van der Waals surface area contributed by atoms with Gasteiger partial charge in [-0.1, -0.05) is 12.8 Å². The van der Waals surface area contributed by atoms with Gasteiger partial charge in [-0.05, 0) is 25.7 Å². The third-order valence-electron chi connectivity index (χ3n) is 2.77. The van der Waals surface area contributed by atoms with Gasteiger partial charge in [-0.3, -0.25) is 9.59 Å². The number of hydrogen-bond acceptors (Lipinski definition) is 3. The second-order valence-electron chi connectivity index (χ2n) is 4.56. The van der Waals surface area contributed by atoms with Crippen LogP contribution in [0, 0.1) is 0 Å². The van der Waals surface area contributed by atoms with E-state index in [1.807, 2.05) is 0 Å². The molecule has 1 aliphatic carbocycles. The van der Waals surface area contributed by atoms with E-state index in [4.69, 9.17) is 5.11 Å². The predicted molar refractivity (Wildman–Crippen MR) is 64.8 cm³/mol. The van der Waals surface area contributed by atoms with Gasteiger partial charge in [0.25, 0.3) is 0 Å². The minimum Gasteiger partial charge on any atom is -0.481 e. The van der Waals surface area contributed by atoms with Crippen molar-refractivity contribution in [2.75, 3.05) is 13.1 Å². The molecule has 1 rings (SSSR count). The Bertz CT molecular complexity index is 252. The molecule has 3 N–H and O–H groups in total. The number of carbonyl (C=O) groups is 2. The highest BCUT2D eigenvalue weighted by atomic mass is 16.4. The van der Waals surface area contributed by atoms with E-state index in [0.717, 1.165) is 25.7 Å². The highest BCUT2D eigenvalue weighted by molar-refractivity contribution is 5.78. The molecule has 1 aliphatic rings. The fourth-order valence-electron chi connectivity index (χ4n) is 1.57. The molecule has 0 radical (unpaired) electrons. The molecule has 1 saturated carbocycles. The maximum absolute atomic E-state index is 11.3. The lowest BCUT2D eigenvalue weighted by atomic mass is 10.1. The second kappa shape index (κ2) is 8.06. The van der Waals surface area contributed by atoms with E-state index in [1.165, 1.54) is 12.8 Å². The van der Waals surface area contributed by atoms with Gasteiger partial charge < -0.3 is 15.7 Å². The zero-order chi connectivity index (χ0) is 12.5. The molecule has 0 atom stereocenters. The Balaban J connectivity index is 1.79. The summed E-state index contributed by atoms with van der Waals surface area (Å²) in [5.74, 6) is -0.674. The smallest absolute Gasteiger partial charge is 0.303 e. The maximum atomic E-state index is 11.3. The largest absolute Gasteiger partial charge is 0.481 e. The maximum Gasteiger partial charge on any atom is 0.303 e. The van der Waals surface area contributed by atoms with Crippen molar-refractivity contribution in [2.45, 2.75) is 51.0 Å². The molecule has 5 heteroatoms. The first-order chi connectivity index (χ1) is 8.18. The molecule has 1 fully saturated rings. The number of hydrogen-bond donors (Lipinski definition) is 3. The molecule has 0 bridgehead atoms. The summed E-state index contributed by atoms with van der Waals surface area (Å²) in [4.78, 5) is 21.5. The average Bonchev–Trinajstić information content (AvgIpc) is 3.08. The van der Waals surface area contributed by atoms with Gasteiger partial charge >= 0.3 is 5.97 Å². The van der Waals surface area contributed by atoms with Crippen molar-refractivity contribution in [1.82, 2.24) is 10.6 Å². The molecule has 0 spiro atoms. The molecule has 0 saturated heterocycles. The van der Waals surface area contributed by atoms with Crippen LogP contribution in [-0.4, -0.2) is 36.1 Å². The van der Waals surface area contributed by atoms with E-state index in [1.54, 1.807) is 0 Å². The van der Waals surface area contributed by atoms with Crippen LogP contribution < -0.4 is 10.6 Å². The van der Waals surface area contributed by atoms with E-state index in [0.29, 0.717) is 19.1 Å². The van der Waals surface area contributed by atoms with E-state index < -0.39 is 5.97 Å². The minimum atomic E-state index is -0.732. The first kappa shape index (κ1) is 14.0. The van der Waals surface area contributed by atoms with Crippen LogP contribution in [0.2, 0.25) is 0 Å². The van der Waals surface area contributed by atoms with Gasteiger partial charge in [-0.25, -0.2) is 0 Å². The molecule has 0 aromatic heterocycles. The highest BCUT2D eigenvalue weighted by Gasteiger charge is 2.20. The van der Waals surface area contributed by atoms with Crippen LogP contribution in [0.4, 0.5) is 0 Å². The molecule has 17 heavy (non-hydrogen) atoms. The van der Waals surface area contributed by atoms with Crippen molar-refractivity contribution in [1.29, 1.82) is 0 Å². The molecule has 0 aliphatic heterocycles. The normalized spacial score (nSPS) is 14.6. The number of carboxylic acid groups (broad SMARTS) is 1. The first-order valence-corrected chi connectivity index (χ1v) is 6.40. The molecule has 0 aromatic carbocycles. The topological polar surface area (TPSA) is 78.4 Å². The van der Waals surface area contributed by atoms with Gasteiger partial charge in [0, 0.05) is 19.0 Å². The zero-order valence-corrected chi connectivity index (χ0v) is 10.2. The lowest BCUT2D eigenvalue weighted by molar-refractivity contribution is -0.137. The number of carboxylic acids is 1. The standard InChI is InChI=1S/C12H22N2O3/c15-11(9-14-10-6-7-10)13-8-4-2-1-3-5-12(16)17/h10,14H,1-9H2,(H,13,15)(H,16,17). The van der Waals surface area contributed by atoms with Crippen LogP contribution in [0.25, 0.3) is 0 Å². The molecular weight excluding hydrogens is 220 g/mol. The lowest BCUT2D eigenvalue weighted by Gasteiger charge is -2.05. The second-order valence-corrected chi connectivity index (χ2v) is 4.56. The average molecular weight is 242 g/mol. The van der Waals surface area contributed by atoms with Gasteiger partial charge in [0.15, 0.2) is 0 Å². The third-order valence-corrected chi connectivity index (χ3v) is 2.77. The number of carbonyl (C=O) groups excluding carboxylic acids is 1. The van der Waals surface area contributed by atoms with Crippen LogP contribution in [0.15, 0.2) is 0 Å². The summed E-state index contributed by atoms with van der Waals surface area (Å²) in [6.45, 7) is 1.11. The van der Waals surface area contributed by atoms with Gasteiger partial charge in [0.2, 0.25) is 5.91 Å². The summed E-state index contributed by atoms with van der Waals surface area (Å²) in [5, 5.41) is 14.4. The van der Waals surface area contributed by atoms with Gasteiger partial charge in [0.1, 0.15) is 0 Å². The Morgan fingerprint density at radius 1 is 1.12 bits per heavy atom. The fraction of sp³-hybridized carbons (Fsp3) is 0.833. The Morgan fingerprint density at radius 2 is 1.82 bits per heavy atom. The van der Waals surface area contributed by atoms with Crippen LogP contribution in [0.5, 0.6) is 0 Å². The highest BCUT2D eigenvalue weighted by Crippen LogP contribution is 2.17. The van der Waals surface area contributed by atoms with E-state index in [2.05, 4.69) is 10.6 Å². The first-order valence-electron chi connectivity index (χ1n) is 6.40. The zero-order valence-electron chi connectivity index (χ0n) is 10.2. The van der Waals surface area contributed by atoms with Crippen molar-refractivity contribution in [2.24, 2.45) is 0 Å².